The first kappa shape index (κ1) is 11.5. The van der Waals surface area contributed by atoms with Crippen molar-refractivity contribution in [3.05, 3.63) is 30.3 Å². The van der Waals surface area contributed by atoms with E-state index in [-0.39, 0.29) is 4.90 Å². The Balaban J connectivity index is 3.09. The highest BCUT2D eigenvalue weighted by Crippen LogP contribution is 2.12. The molecule has 6 heteroatoms. The Bertz CT molecular complexity index is 442. The van der Waals surface area contributed by atoms with Gasteiger partial charge >= 0.3 is 6.03 Å². The fourth-order valence-electron chi connectivity index (χ4n) is 1.02. The Morgan fingerprint density at radius 2 is 1.80 bits per heavy atom. The summed E-state index contributed by atoms with van der Waals surface area (Å²) in [7, 11) is -1.15. The normalized spacial score (nSPS) is 10.8. The van der Waals surface area contributed by atoms with Gasteiger partial charge in [-0.15, -0.1) is 0 Å². The number of nitrogens with zero attached hydrogens (tertiary/aromatic N) is 1. The van der Waals surface area contributed by atoms with Gasteiger partial charge in [-0.05, 0) is 12.1 Å². The van der Waals surface area contributed by atoms with Gasteiger partial charge in [-0.3, -0.25) is 0 Å². The number of nitrogens with one attached hydrogen (secondary N) is 1. The third kappa shape index (κ3) is 2.27. The molecule has 0 saturated heterocycles. The Hall–Kier alpha value is -1.56. The quantitative estimate of drug-likeness (QED) is 0.808. The van der Waals surface area contributed by atoms with Crippen LogP contribution in [0.15, 0.2) is 35.2 Å². The molecular weight excluding hydrogens is 216 g/mol. The maximum absolute atomic E-state index is 11.8. The Labute approximate surface area is 88.8 Å². The van der Waals surface area contributed by atoms with Gasteiger partial charge in [-0.25, -0.2) is 17.5 Å². The molecule has 15 heavy (non-hydrogen) atoms. The predicted octanol–water partition coefficient (Wildman–Crippen LogP) is 0.647. The van der Waals surface area contributed by atoms with E-state index in [1.165, 1.54) is 26.2 Å². The summed E-state index contributed by atoms with van der Waals surface area (Å²) < 4.78 is 24.3. The largest absolute Gasteiger partial charge is 0.340 e. The first-order valence-electron chi connectivity index (χ1n) is 4.26. The first-order chi connectivity index (χ1) is 7.00. The van der Waals surface area contributed by atoms with Crippen molar-refractivity contribution in [1.29, 1.82) is 0 Å². The zero-order chi connectivity index (χ0) is 11.5. The van der Waals surface area contributed by atoms with Gasteiger partial charge in [0.1, 0.15) is 0 Å². The van der Waals surface area contributed by atoms with Crippen molar-refractivity contribution in [2.75, 3.05) is 14.1 Å². The molecule has 1 aromatic carbocycles. The van der Waals surface area contributed by atoms with Crippen molar-refractivity contribution in [3.63, 3.8) is 0 Å². The van der Waals surface area contributed by atoms with Crippen molar-refractivity contribution in [3.8, 4) is 0 Å². The molecule has 0 heterocycles. The van der Waals surface area contributed by atoms with Gasteiger partial charge in [0.15, 0.2) is 0 Å². The molecule has 1 rings (SSSR count). The fourth-order valence-corrected chi connectivity index (χ4v) is 2.14. The van der Waals surface area contributed by atoms with Crippen LogP contribution in [-0.4, -0.2) is 32.8 Å². The van der Waals surface area contributed by atoms with E-state index in [9.17, 15) is 13.2 Å². The maximum Gasteiger partial charge on any atom is 0.330 e. The van der Waals surface area contributed by atoms with E-state index in [0.717, 1.165) is 0 Å². The average molecular weight is 228 g/mol. The molecule has 0 aliphatic rings. The topological polar surface area (TPSA) is 66.5 Å². The highest BCUT2D eigenvalue weighted by atomic mass is 32.2. The van der Waals surface area contributed by atoms with E-state index in [0.29, 0.717) is 4.31 Å². The lowest BCUT2D eigenvalue weighted by Gasteiger charge is -2.16. The van der Waals surface area contributed by atoms with E-state index in [1.807, 2.05) is 0 Å². The van der Waals surface area contributed by atoms with Crippen LogP contribution in [0.5, 0.6) is 0 Å². The average Bonchev–Trinajstić information content (AvgIpc) is 2.28. The molecule has 0 spiro atoms. The number of rotatable bonds is 2. The van der Waals surface area contributed by atoms with Crippen LogP contribution in [0.4, 0.5) is 4.79 Å². The van der Waals surface area contributed by atoms with Crippen LogP contribution < -0.4 is 5.32 Å². The zero-order valence-corrected chi connectivity index (χ0v) is 9.28. The molecule has 0 saturated carbocycles. The van der Waals surface area contributed by atoms with E-state index in [1.54, 1.807) is 18.2 Å². The van der Waals surface area contributed by atoms with Crippen molar-refractivity contribution < 1.29 is 13.2 Å². The van der Waals surface area contributed by atoms with Crippen LogP contribution in [0.1, 0.15) is 0 Å². The number of hydrogen-bond acceptors (Lipinski definition) is 3. The van der Waals surface area contributed by atoms with Gasteiger partial charge in [0, 0.05) is 14.1 Å². The fraction of sp³-hybridized carbons (Fsp3) is 0.222. The Morgan fingerprint density at radius 1 is 1.27 bits per heavy atom. The lowest BCUT2D eigenvalue weighted by molar-refractivity contribution is 0.230. The van der Waals surface area contributed by atoms with Crippen molar-refractivity contribution in [2.24, 2.45) is 0 Å². The van der Waals surface area contributed by atoms with Gasteiger partial charge < -0.3 is 5.32 Å². The van der Waals surface area contributed by atoms with Crippen molar-refractivity contribution in [2.45, 2.75) is 4.90 Å². The summed E-state index contributed by atoms with van der Waals surface area (Å²) in [5.74, 6) is 0. The molecule has 2 amide bonds. The molecule has 1 aromatic rings. The molecule has 0 aromatic heterocycles. The number of urea groups is 1. The first-order valence-corrected chi connectivity index (χ1v) is 5.70. The lowest BCUT2D eigenvalue weighted by Crippen LogP contribution is -2.39. The van der Waals surface area contributed by atoms with Crippen LogP contribution in [-0.2, 0) is 10.0 Å². The third-order valence-electron chi connectivity index (χ3n) is 1.90. The number of carbonyl (C=O) groups is 1. The van der Waals surface area contributed by atoms with Gasteiger partial charge in [-0.2, -0.15) is 0 Å². The number of hydrogen-bond donors (Lipinski definition) is 1. The second-order valence-corrected chi connectivity index (χ2v) is 4.81. The molecule has 0 aliphatic heterocycles. The minimum atomic E-state index is -3.73. The molecule has 1 N–H and O–H groups in total. The summed E-state index contributed by atoms with van der Waals surface area (Å²) in [6.45, 7) is 0. The van der Waals surface area contributed by atoms with E-state index >= 15 is 0 Å². The third-order valence-corrected chi connectivity index (χ3v) is 3.66. The van der Waals surface area contributed by atoms with Gasteiger partial charge in [0.25, 0.3) is 10.0 Å². The van der Waals surface area contributed by atoms with Crippen molar-refractivity contribution >= 4 is 16.1 Å². The minimum absolute atomic E-state index is 0.0936. The monoisotopic (exact) mass is 228 g/mol. The second kappa shape index (κ2) is 4.31. The molecule has 5 nitrogen and oxygen atoms in total. The number of benzene rings is 1. The molecule has 0 atom stereocenters. The van der Waals surface area contributed by atoms with Crippen LogP contribution in [0.25, 0.3) is 0 Å². The summed E-state index contributed by atoms with van der Waals surface area (Å²) >= 11 is 0. The van der Waals surface area contributed by atoms with Gasteiger partial charge in [0.2, 0.25) is 0 Å². The predicted molar refractivity (Wildman–Crippen MR) is 55.8 cm³/mol. The molecule has 0 radical (unpaired) electrons. The smallest absolute Gasteiger partial charge is 0.330 e. The van der Waals surface area contributed by atoms with E-state index in [2.05, 4.69) is 5.32 Å². The van der Waals surface area contributed by atoms with E-state index < -0.39 is 16.1 Å². The summed E-state index contributed by atoms with van der Waals surface area (Å²) in [4.78, 5) is 11.3. The van der Waals surface area contributed by atoms with E-state index in [4.69, 9.17) is 0 Å². The molecule has 0 aliphatic carbocycles. The Kier molecular flexibility index (Phi) is 3.31. The van der Waals surface area contributed by atoms with Gasteiger partial charge in [0.05, 0.1) is 4.90 Å². The standard InChI is InChI=1S/C9H12N2O3S/c1-10-9(12)11(2)15(13,14)8-6-4-3-5-7-8/h3-7H,1-2H3,(H,10,12). The summed E-state index contributed by atoms with van der Waals surface area (Å²) in [6.07, 6.45) is 0. The SMILES string of the molecule is CNC(=O)N(C)S(=O)(=O)c1ccccc1. The summed E-state index contributed by atoms with van der Waals surface area (Å²) in [5.41, 5.74) is 0. The highest BCUT2D eigenvalue weighted by Gasteiger charge is 2.23. The summed E-state index contributed by atoms with van der Waals surface area (Å²) in [6, 6.07) is 7.12. The number of amides is 2. The van der Waals surface area contributed by atoms with Crippen LogP contribution in [0.3, 0.4) is 0 Å². The molecular formula is C9H12N2O3S. The molecule has 82 valence electrons. The van der Waals surface area contributed by atoms with Crippen molar-refractivity contribution in [1.82, 2.24) is 9.62 Å². The maximum atomic E-state index is 11.8. The molecule has 0 bridgehead atoms. The van der Waals surface area contributed by atoms with Crippen LogP contribution in [0, 0.1) is 0 Å². The summed E-state index contributed by atoms with van der Waals surface area (Å²) in [5, 5.41) is 2.25. The number of carbonyl (C=O) groups excluding carboxylic acids is 1. The second-order valence-electron chi connectivity index (χ2n) is 2.84. The van der Waals surface area contributed by atoms with Crippen LogP contribution in [0.2, 0.25) is 0 Å². The number of sulfonamides is 1. The Morgan fingerprint density at radius 3 is 2.27 bits per heavy atom. The van der Waals surface area contributed by atoms with Crippen LogP contribution >= 0.6 is 0 Å². The lowest BCUT2D eigenvalue weighted by atomic mass is 10.4. The molecule has 0 unspecified atom stereocenters. The minimum Gasteiger partial charge on any atom is -0.340 e. The van der Waals surface area contributed by atoms with Gasteiger partial charge in [-0.1, -0.05) is 18.2 Å². The molecule has 0 fully saturated rings. The highest BCUT2D eigenvalue weighted by molar-refractivity contribution is 7.89. The zero-order valence-electron chi connectivity index (χ0n) is 8.47.